The molecule has 3 rings (SSSR count). The average molecular weight is 372 g/mol. The van der Waals surface area contributed by atoms with Crippen molar-refractivity contribution in [2.24, 2.45) is 0 Å². The zero-order chi connectivity index (χ0) is 19.4. The molecule has 0 bridgehead atoms. The second-order valence-electron chi connectivity index (χ2n) is 7.67. The predicted molar refractivity (Wildman–Crippen MR) is 104 cm³/mol. The van der Waals surface area contributed by atoms with Crippen molar-refractivity contribution in [2.45, 2.75) is 38.6 Å². The zero-order valence-electron chi connectivity index (χ0n) is 16.5. The van der Waals surface area contributed by atoms with Crippen molar-refractivity contribution in [3.8, 4) is 0 Å². The van der Waals surface area contributed by atoms with E-state index in [1.54, 1.807) is 19.1 Å². The van der Waals surface area contributed by atoms with Gasteiger partial charge in [-0.05, 0) is 70.6 Å². The van der Waals surface area contributed by atoms with Gasteiger partial charge in [-0.1, -0.05) is 0 Å². The fourth-order valence-corrected chi connectivity index (χ4v) is 3.73. The average Bonchev–Trinajstić information content (AvgIpc) is 3.12. The molecule has 1 aliphatic heterocycles. The molecular formula is C21H29FN4O. The Hall–Kier alpha value is -2.21. The van der Waals surface area contributed by atoms with E-state index in [1.807, 2.05) is 11.1 Å². The number of rotatable bonds is 6. The largest absolute Gasteiger partial charge is 0.339 e. The van der Waals surface area contributed by atoms with Crippen LogP contribution in [0, 0.1) is 12.7 Å². The van der Waals surface area contributed by atoms with E-state index in [2.05, 4.69) is 34.7 Å². The molecule has 0 aliphatic carbocycles. The van der Waals surface area contributed by atoms with Crippen LogP contribution < -0.4 is 0 Å². The SMILES string of the molecule is Cc1cc(C(=O)N2CCC(c3nccn3CCCN(C)C)CC2)ccc1F. The number of carbonyl (C=O) groups excluding carboxylic acids is 1. The third-order valence-electron chi connectivity index (χ3n) is 5.30. The minimum Gasteiger partial charge on any atom is -0.339 e. The lowest BCUT2D eigenvalue weighted by Gasteiger charge is -2.32. The summed E-state index contributed by atoms with van der Waals surface area (Å²) in [6.07, 6.45) is 6.86. The van der Waals surface area contributed by atoms with E-state index in [4.69, 9.17) is 0 Å². The van der Waals surface area contributed by atoms with Crippen molar-refractivity contribution in [3.05, 3.63) is 53.4 Å². The maximum Gasteiger partial charge on any atom is 0.253 e. The van der Waals surface area contributed by atoms with Crippen molar-refractivity contribution >= 4 is 5.91 Å². The highest BCUT2D eigenvalue weighted by atomic mass is 19.1. The standard InChI is InChI=1S/C21H29FN4O/c1-16-15-18(5-6-19(16)22)21(27)26-12-7-17(8-13-26)20-23-9-14-25(20)11-4-10-24(2)3/h5-6,9,14-15,17H,4,7-8,10-13H2,1-3H3. The molecule has 0 spiro atoms. The van der Waals surface area contributed by atoms with E-state index in [0.717, 1.165) is 38.2 Å². The highest BCUT2D eigenvalue weighted by Crippen LogP contribution is 2.28. The van der Waals surface area contributed by atoms with E-state index in [0.29, 0.717) is 30.1 Å². The molecule has 0 unspecified atom stereocenters. The molecule has 6 heteroatoms. The smallest absolute Gasteiger partial charge is 0.253 e. The molecule has 0 N–H and O–H groups in total. The van der Waals surface area contributed by atoms with E-state index in [9.17, 15) is 9.18 Å². The third kappa shape index (κ3) is 4.75. The van der Waals surface area contributed by atoms with Gasteiger partial charge in [-0.3, -0.25) is 4.79 Å². The highest BCUT2D eigenvalue weighted by molar-refractivity contribution is 5.94. The van der Waals surface area contributed by atoms with E-state index in [1.165, 1.54) is 6.07 Å². The van der Waals surface area contributed by atoms with Crippen LogP contribution in [0.25, 0.3) is 0 Å². The maximum absolute atomic E-state index is 13.4. The number of likely N-dealkylation sites (tertiary alicyclic amines) is 1. The third-order valence-corrected chi connectivity index (χ3v) is 5.30. The number of piperidine rings is 1. The minimum atomic E-state index is -0.272. The second-order valence-corrected chi connectivity index (χ2v) is 7.67. The zero-order valence-corrected chi connectivity index (χ0v) is 16.5. The van der Waals surface area contributed by atoms with Gasteiger partial charge in [0.15, 0.2) is 0 Å². The number of halogens is 1. The summed E-state index contributed by atoms with van der Waals surface area (Å²) in [4.78, 5) is 21.4. The number of hydrogen-bond acceptors (Lipinski definition) is 3. The summed E-state index contributed by atoms with van der Waals surface area (Å²) in [7, 11) is 4.17. The first kappa shape index (κ1) is 19.5. The molecule has 27 heavy (non-hydrogen) atoms. The molecule has 1 fully saturated rings. The molecular weight excluding hydrogens is 343 g/mol. The molecule has 2 aromatic rings. The lowest BCUT2D eigenvalue weighted by Crippen LogP contribution is -2.38. The van der Waals surface area contributed by atoms with Crippen LogP contribution in [0.5, 0.6) is 0 Å². The van der Waals surface area contributed by atoms with Gasteiger partial charge in [0.2, 0.25) is 0 Å². The van der Waals surface area contributed by atoms with Gasteiger partial charge in [0, 0.05) is 43.5 Å². The fraction of sp³-hybridized carbons (Fsp3) is 0.524. The minimum absolute atomic E-state index is 0.00845. The van der Waals surface area contributed by atoms with Crippen molar-refractivity contribution in [1.82, 2.24) is 19.4 Å². The quantitative estimate of drug-likeness (QED) is 0.781. The lowest BCUT2D eigenvalue weighted by molar-refractivity contribution is 0.0710. The normalized spacial score (nSPS) is 15.5. The molecule has 1 aliphatic rings. The van der Waals surface area contributed by atoms with Gasteiger partial charge in [0.05, 0.1) is 0 Å². The summed E-state index contributed by atoms with van der Waals surface area (Å²) in [6, 6.07) is 4.59. The molecule has 0 atom stereocenters. The summed E-state index contributed by atoms with van der Waals surface area (Å²) < 4.78 is 15.7. The Balaban J connectivity index is 1.58. The Labute approximate surface area is 160 Å². The van der Waals surface area contributed by atoms with Crippen LogP contribution in [0.15, 0.2) is 30.6 Å². The summed E-state index contributed by atoms with van der Waals surface area (Å²) in [5, 5.41) is 0. The van der Waals surface area contributed by atoms with Gasteiger partial charge in [-0.2, -0.15) is 0 Å². The van der Waals surface area contributed by atoms with Crippen LogP contribution in [0.1, 0.15) is 46.9 Å². The Morgan fingerprint density at radius 3 is 2.70 bits per heavy atom. The first-order valence-electron chi connectivity index (χ1n) is 9.67. The van der Waals surface area contributed by atoms with E-state index < -0.39 is 0 Å². The van der Waals surface area contributed by atoms with Crippen molar-refractivity contribution < 1.29 is 9.18 Å². The topological polar surface area (TPSA) is 41.4 Å². The Bertz CT molecular complexity index is 778. The van der Waals surface area contributed by atoms with E-state index >= 15 is 0 Å². The van der Waals surface area contributed by atoms with Crippen LogP contribution in [0.2, 0.25) is 0 Å². The number of benzene rings is 1. The molecule has 2 heterocycles. The Kier molecular flexibility index (Phi) is 6.26. The first-order chi connectivity index (χ1) is 13.0. The molecule has 1 aromatic heterocycles. The number of aryl methyl sites for hydroxylation is 2. The predicted octanol–water partition coefficient (Wildman–Crippen LogP) is 3.30. The number of amides is 1. The summed E-state index contributed by atoms with van der Waals surface area (Å²) in [6.45, 7) is 5.15. The van der Waals surface area contributed by atoms with Crippen LogP contribution >= 0.6 is 0 Å². The van der Waals surface area contributed by atoms with Crippen molar-refractivity contribution in [2.75, 3.05) is 33.7 Å². The monoisotopic (exact) mass is 372 g/mol. The van der Waals surface area contributed by atoms with Crippen LogP contribution in [-0.2, 0) is 6.54 Å². The van der Waals surface area contributed by atoms with Crippen molar-refractivity contribution in [3.63, 3.8) is 0 Å². The summed E-state index contributed by atoms with van der Waals surface area (Å²) in [5.74, 6) is 1.24. The summed E-state index contributed by atoms with van der Waals surface area (Å²) in [5.41, 5.74) is 1.08. The van der Waals surface area contributed by atoms with Gasteiger partial charge in [0.25, 0.3) is 5.91 Å². The van der Waals surface area contributed by atoms with Gasteiger partial charge >= 0.3 is 0 Å². The molecule has 1 aromatic carbocycles. The van der Waals surface area contributed by atoms with Gasteiger partial charge in [-0.15, -0.1) is 0 Å². The first-order valence-corrected chi connectivity index (χ1v) is 9.67. The molecule has 0 radical (unpaired) electrons. The highest BCUT2D eigenvalue weighted by Gasteiger charge is 2.27. The number of hydrogen-bond donors (Lipinski definition) is 0. The van der Waals surface area contributed by atoms with E-state index in [-0.39, 0.29) is 11.7 Å². The molecule has 1 saturated heterocycles. The number of aromatic nitrogens is 2. The summed E-state index contributed by atoms with van der Waals surface area (Å²) >= 11 is 0. The Morgan fingerprint density at radius 1 is 1.30 bits per heavy atom. The second kappa shape index (κ2) is 8.65. The van der Waals surface area contributed by atoms with Crippen molar-refractivity contribution in [1.29, 1.82) is 0 Å². The molecule has 1 amide bonds. The fourth-order valence-electron chi connectivity index (χ4n) is 3.73. The number of nitrogens with zero attached hydrogens (tertiary/aromatic N) is 4. The van der Waals surface area contributed by atoms with Gasteiger partial charge < -0.3 is 14.4 Å². The number of carbonyl (C=O) groups is 1. The van der Waals surface area contributed by atoms with Crippen LogP contribution in [-0.4, -0.2) is 59.0 Å². The molecule has 5 nitrogen and oxygen atoms in total. The molecule has 0 saturated carbocycles. The molecule has 146 valence electrons. The van der Waals surface area contributed by atoms with Crippen LogP contribution in [0.3, 0.4) is 0 Å². The van der Waals surface area contributed by atoms with Gasteiger partial charge in [-0.25, -0.2) is 9.37 Å². The van der Waals surface area contributed by atoms with Gasteiger partial charge in [0.1, 0.15) is 11.6 Å². The van der Waals surface area contributed by atoms with Crippen LogP contribution in [0.4, 0.5) is 4.39 Å². The maximum atomic E-state index is 13.4. The number of imidazole rings is 1. The lowest BCUT2D eigenvalue weighted by atomic mass is 9.95. The Morgan fingerprint density at radius 2 is 2.04 bits per heavy atom.